The van der Waals surface area contributed by atoms with Gasteiger partial charge in [0.2, 0.25) is 0 Å². The van der Waals surface area contributed by atoms with Crippen molar-refractivity contribution in [2.24, 2.45) is 0 Å². The predicted octanol–water partition coefficient (Wildman–Crippen LogP) is 2.85. The lowest BCUT2D eigenvalue weighted by atomic mass is 9.85. The molecule has 0 radical (unpaired) electrons. The molecule has 2 aliphatic rings. The molecule has 0 saturated carbocycles. The van der Waals surface area contributed by atoms with Crippen LogP contribution >= 0.6 is 0 Å². The Hall–Kier alpha value is -2.46. The lowest BCUT2D eigenvalue weighted by Gasteiger charge is -2.33. The van der Waals surface area contributed by atoms with Crippen molar-refractivity contribution in [3.05, 3.63) is 70.8 Å². The number of amides is 2. The van der Waals surface area contributed by atoms with E-state index in [0.717, 1.165) is 11.1 Å². The SMILES string of the molecule is O=C1c2ccccc2C(=O)N1[C@H]1CC[C@H](O)c2ccccc21. The second-order valence-corrected chi connectivity index (χ2v) is 5.76. The Labute approximate surface area is 128 Å². The molecule has 1 aliphatic carbocycles. The van der Waals surface area contributed by atoms with Gasteiger partial charge >= 0.3 is 0 Å². The molecule has 1 N–H and O–H groups in total. The van der Waals surface area contributed by atoms with E-state index >= 15 is 0 Å². The number of hydrogen-bond acceptors (Lipinski definition) is 3. The van der Waals surface area contributed by atoms with Crippen molar-refractivity contribution in [1.29, 1.82) is 0 Å². The molecule has 4 heteroatoms. The molecule has 0 aromatic heterocycles. The first-order valence-corrected chi connectivity index (χ1v) is 7.42. The van der Waals surface area contributed by atoms with Crippen LogP contribution in [-0.4, -0.2) is 21.8 Å². The molecule has 0 unspecified atom stereocenters. The summed E-state index contributed by atoms with van der Waals surface area (Å²) in [6, 6.07) is 14.1. The van der Waals surface area contributed by atoms with Gasteiger partial charge in [-0.25, -0.2) is 0 Å². The van der Waals surface area contributed by atoms with Gasteiger partial charge in [0.25, 0.3) is 11.8 Å². The van der Waals surface area contributed by atoms with Crippen LogP contribution in [0.15, 0.2) is 48.5 Å². The van der Waals surface area contributed by atoms with Crippen LogP contribution in [0.25, 0.3) is 0 Å². The van der Waals surface area contributed by atoms with Crippen LogP contribution < -0.4 is 0 Å². The van der Waals surface area contributed by atoms with Gasteiger partial charge in [-0.15, -0.1) is 0 Å². The summed E-state index contributed by atoms with van der Waals surface area (Å²) in [5.41, 5.74) is 2.62. The fourth-order valence-corrected chi connectivity index (χ4v) is 3.50. The third-order valence-electron chi connectivity index (χ3n) is 4.56. The van der Waals surface area contributed by atoms with E-state index in [9.17, 15) is 14.7 Å². The van der Waals surface area contributed by atoms with Gasteiger partial charge in [0.05, 0.1) is 23.3 Å². The summed E-state index contributed by atoms with van der Waals surface area (Å²) in [5.74, 6) is -0.478. The molecule has 0 fully saturated rings. The first-order valence-electron chi connectivity index (χ1n) is 7.42. The topological polar surface area (TPSA) is 57.6 Å². The highest BCUT2D eigenvalue weighted by Gasteiger charge is 2.42. The maximum Gasteiger partial charge on any atom is 0.262 e. The van der Waals surface area contributed by atoms with Crippen LogP contribution in [0.4, 0.5) is 0 Å². The Morgan fingerprint density at radius 3 is 2.00 bits per heavy atom. The molecule has 22 heavy (non-hydrogen) atoms. The second kappa shape index (κ2) is 4.78. The highest BCUT2D eigenvalue weighted by Crippen LogP contribution is 2.42. The van der Waals surface area contributed by atoms with Gasteiger partial charge in [0.15, 0.2) is 0 Å². The summed E-state index contributed by atoms with van der Waals surface area (Å²) in [5, 5.41) is 10.1. The van der Waals surface area contributed by atoms with Crippen molar-refractivity contribution in [1.82, 2.24) is 4.90 Å². The molecule has 1 heterocycles. The standard InChI is InChI=1S/C18H15NO3/c20-16-10-9-15(11-5-1-2-6-12(11)16)19-17(21)13-7-3-4-8-14(13)18(19)22/h1-8,15-16,20H,9-10H2/t15-,16-/m0/s1. The fourth-order valence-electron chi connectivity index (χ4n) is 3.50. The van der Waals surface area contributed by atoms with Gasteiger partial charge in [-0.1, -0.05) is 36.4 Å². The summed E-state index contributed by atoms with van der Waals surface area (Å²) < 4.78 is 0. The number of aliphatic hydroxyl groups excluding tert-OH is 1. The molecular formula is C18H15NO3. The van der Waals surface area contributed by atoms with E-state index in [1.807, 2.05) is 24.3 Å². The number of hydrogen-bond donors (Lipinski definition) is 1. The number of carbonyl (C=O) groups is 2. The Bertz CT molecular complexity index is 748. The zero-order chi connectivity index (χ0) is 15.3. The number of fused-ring (bicyclic) bond motifs is 2. The van der Waals surface area contributed by atoms with E-state index in [2.05, 4.69) is 0 Å². The minimum absolute atomic E-state index is 0.239. The molecular weight excluding hydrogens is 278 g/mol. The van der Waals surface area contributed by atoms with Gasteiger partial charge in [-0.2, -0.15) is 0 Å². The molecule has 110 valence electrons. The summed E-state index contributed by atoms with van der Waals surface area (Å²) in [6.45, 7) is 0. The average molecular weight is 293 g/mol. The van der Waals surface area contributed by atoms with Gasteiger partial charge < -0.3 is 5.11 Å². The summed E-state index contributed by atoms with van der Waals surface area (Å²) in [6.07, 6.45) is 0.612. The van der Waals surface area contributed by atoms with Gasteiger partial charge in [0.1, 0.15) is 0 Å². The Morgan fingerprint density at radius 2 is 1.36 bits per heavy atom. The van der Waals surface area contributed by atoms with E-state index in [1.54, 1.807) is 24.3 Å². The van der Waals surface area contributed by atoms with Crippen molar-refractivity contribution in [2.75, 3.05) is 0 Å². The molecule has 4 rings (SSSR count). The summed E-state index contributed by atoms with van der Waals surface area (Å²) >= 11 is 0. The number of nitrogens with zero attached hydrogens (tertiary/aromatic N) is 1. The van der Waals surface area contributed by atoms with E-state index in [0.29, 0.717) is 24.0 Å². The Balaban J connectivity index is 1.80. The first kappa shape index (κ1) is 13.2. The smallest absolute Gasteiger partial charge is 0.262 e. The number of imide groups is 1. The van der Waals surface area contributed by atoms with Gasteiger partial charge in [-0.3, -0.25) is 14.5 Å². The highest BCUT2D eigenvalue weighted by molar-refractivity contribution is 6.21. The van der Waals surface area contributed by atoms with Crippen molar-refractivity contribution in [3.63, 3.8) is 0 Å². The molecule has 1 aliphatic heterocycles. The van der Waals surface area contributed by atoms with E-state index in [1.165, 1.54) is 4.90 Å². The fraction of sp³-hybridized carbons (Fsp3) is 0.222. The second-order valence-electron chi connectivity index (χ2n) is 5.76. The molecule has 0 spiro atoms. The van der Waals surface area contributed by atoms with E-state index < -0.39 is 6.10 Å². The van der Waals surface area contributed by atoms with Crippen molar-refractivity contribution in [3.8, 4) is 0 Å². The van der Waals surface area contributed by atoms with Crippen LogP contribution in [-0.2, 0) is 0 Å². The van der Waals surface area contributed by atoms with Crippen molar-refractivity contribution in [2.45, 2.75) is 25.0 Å². The Kier molecular flexibility index (Phi) is 2.87. The highest BCUT2D eigenvalue weighted by atomic mass is 16.3. The first-order chi connectivity index (χ1) is 10.7. The molecule has 0 bridgehead atoms. The minimum Gasteiger partial charge on any atom is -0.388 e. The summed E-state index contributed by atoms with van der Waals surface area (Å²) in [7, 11) is 0. The van der Waals surface area contributed by atoms with Crippen LogP contribution in [0.2, 0.25) is 0 Å². The van der Waals surface area contributed by atoms with Gasteiger partial charge in [0, 0.05) is 0 Å². The Morgan fingerprint density at radius 1 is 0.818 bits per heavy atom. The molecule has 2 aromatic carbocycles. The number of rotatable bonds is 1. The molecule has 0 saturated heterocycles. The lowest BCUT2D eigenvalue weighted by molar-refractivity contribution is 0.0524. The largest absolute Gasteiger partial charge is 0.388 e. The van der Waals surface area contributed by atoms with Crippen molar-refractivity contribution >= 4 is 11.8 Å². The quantitative estimate of drug-likeness (QED) is 0.823. The number of carbonyl (C=O) groups excluding carboxylic acids is 2. The van der Waals surface area contributed by atoms with E-state index in [4.69, 9.17) is 0 Å². The molecule has 2 amide bonds. The van der Waals surface area contributed by atoms with Crippen LogP contribution in [0.1, 0.15) is 56.8 Å². The molecule has 2 aromatic rings. The van der Waals surface area contributed by atoms with Gasteiger partial charge in [-0.05, 0) is 36.1 Å². The third-order valence-corrected chi connectivity index (χ3v) is 4.56. The minimum atomic E-state index is -0.525. The van der Waals surface area contributed by atoms with E-state index in [-0.39, 0.29) is 17.9 Å². The number of benzene rings is 2. The summed E-state index contributed by atoms with van der Waals surface area (Å²) in [4.78, 5) is 26.6. The van der Waals surface area contributed by atoms with Crippen molar-refractivity contribution < 1.29 is 14.7 Å². The zero-order valence-corrected chi connectivity index (χ0v) is 11.9. The monoisotopic (exact) mass is 293 g/mol. The maximum atomic E-state index is 12.6. The number of aliphatic hydroxyl groups is 1. The normalized spacial score (nSPS) is 23.4. The predicted molar refractivity (Wildman–Crippen MR) is 80.3 cm³/mol. The third kappa shape index (κ3) is 1.74. The lowest BCUT2D eigenvalue weighted by Crippen LogP contribution is -2.36. The molecule has 2 atom stereocenters. The van der Waals surface area contributed by atoms with Crippen LogP contribution in [0, 0.1) is 0 Å². The van der Waals surface area contributed by atoms with Crippen LogP contribution in [0.5, 0.6) is 0 Å². The average Bonchev–Trinajstić information content (AvgIpc) is 2.81. The molecule has 4 nitrogen and oxygen atoms in total. The zero-order valence-electron chi connectivity index (χ0n) is 11.9. The maximum absolute atomic E-state index is 12.6. The van der Waals surface area contributed by atoms with Crippen LogP contribution in [0.3, 0.4) is 0 Å².